The van der Waals surface area contributed by atoms with Crippen molar-refractivity contribution in [2.24, 2.45) is 0 Å². The molecule has 0 aliphatic heterocycles. The maximum absolute atomic E-state index is 12.1. The molecule has 3 rings (SSSR count). The van der Waals surface area contributed by atoms with Gasteiger partial charge in [0.2, 0.25) is 0 Å². The van der Waals surface area contributed by atoms with Crippen molar-refractivity contribution in [2.45, 2.75) is 24.3 Å². The third-order valence-corrected chi connectivity index (χ3v) is 4.86. The topological polar surface area (TPSA) is 67.0 Å². The van der Waals surface area contributed by atoms with Crippen LogP contribution in [0.4, 0.5) is 0 Å². The fourth-order valence-electron chi connectivity index (χ4n) is 2.52. The van der Waals surface area contributed by atoms with Crippen molar-refractivity contribution in [3.63, 3.8) is 0 Å². The van der Waals surface area contributed by atoms with Crippen LogP contribution in [0.5, 0.6) is 0 Å². The monoisotopic (exact) mass is 369 g/mol. The number of H-pyrrole nitrogens is 1. The standard InChI is InChI=1S/C20H23N3O2S/c1-2-25-13-5-12-21-19(24)16-10-8-15(9-11-16)14-26-20-22-17-6-3-4-7-18(17)23-20/h3-4,6-11H,2,5,12-14H2,1H3,(H,21,24)(H,22,23). The maximum Gasteiger partial charge on any atom is 0.251 e. The number of carbonyl (C=O) groups excluding carboxylic acids is 1. The number of aromatic amines is 1. The lowest BCUT2D eigenvalue weighted by Crippen LogP contribution is -2.25. The first-order chi connectivity index (χ1) is 12.8. The highest BCUT2D eigenvalue weighted by Crippen LogP contribution is 2.23. The summed E-state index contributed by atoms with van der Waals surface area (Å²) < 4.78 is 5.26. The average molecular weight is 369 g/mol. The van der Waals surface area contributed by atoms with Crippen molar-refractivity contribution in [3.05, 3.63) is 59.7 Å². The molecule has 0 aliphatic rings. The maximum atomic E-state index is 12.1. The predicted molar refractivity (Wildman–Crippen MR) is 106 cm³/mol. The lowest BCUT2D eigenvalue weighted by molar-refractivity contribution is 0.0944. The largest absolute Gasteiger partial charge is 0.382 e. The number of fused-ring (bicyclic) bond motifs is 1. The van der Waals surface area contributed by atoms with E-state index in [-0.39, 0.29) is 5.91 Å². The van der Waals surface area contributed by atoms with Gasteiger partial charge in [-0.3, -0.25) is 4.79 Å². The van der Waals surface area contributed by atoms with E-state index in [0.29, 0.717) is 25.3 Å². The Morgan fingerprint density at radius 2 is 2.00 bits per heavy atom. The second-order valence-corrected chi connectivity index (χ2v) is 6.82. The van der Waals surface area contributed by atoms with E-state index < -0.39 is 0 Å². The molecule has 0 aliphatic carbocycles. The third kappa shape index (κ3) is 5.09. The third-order valence-electron chi connectivity index (χ3n) is 3.91. The number of ether oxygens (including phenoxy) is 1. The summed E-state index contributed by atoms with van der Waals surface area (Å²) in [4.78, 5) is 20.0. The first kappa shape index (κ1) is 18.5. The lowest BCUT2D eigenvalue weighted by atomic mass is 10.1. The van der Waals surface area contributed by atoms with Crippen LogP contribution in [0, 0.1) is 0 Å². The summed E-state index contributed by atoms with van der Waals surface area (Å²) in [7, 11) is 0. The van der Waals surface area contributed by atoms with Crippen molar-refractivity contribution >= 4 is 28.7 Å². The summed E-state index contributed by atoms with van der Waals surface area (Å²) in [5, 5.41) is 3.82. The zero-order valence-electron chi connectivity index (χ0n) is 14.8. The van der Waals surface area contributed by atoms with Crippen molar-refractivity contribution in [2.75, 3.05) is 19.8 Å². The molecule has 5 nitrogen and oxygen atoms in total. The summed E-state index contributed by atoms with van der Waals surface area (Å²) in [6, 6.07) is 15.7. The van der Waals surface area contributed by atoms with Crippen LogP contribution in [-0.2, 0) is 10.5 Å². The summed E-state index contributed by atoms with van der Waals surface area (Å²) >= 11 is 1.65. The van der Waals surface area contributed by atoms with Gasteiger partial charge in [-0.2, -0.15) is 0 Å². The van der Waals surface area contributed by atoms with Crippen LogP contribution in [-0.4, -0.2) is 35.6 Å². The van der Waals surface area contributed by atoms with E-state index in [1.165, 1.54) is 0 Å². The molecule has 0 radical (unpaired) electrons. The molecule has 0 saturated carbocycles. The molecule has 6 heteroatoms. The minimum Gasteiger partial charge on any atom is -0.382 e. The number of benzene rings is 2. The fourth-order valence-corrected chi connectivity index (χ4v) is 3.37. The number of hydrogen-bond acceptors (Lipinski definition) is 4. The summed E-state index contributed by atoms with van der Waals surface area (Å²) in [6.45, 7) is 3.98. The van der Waals surface area contributed by atoms with Gasteiger partial charge in [-0.1, -0.05) is 36.0 Å². The molecule has 26 heavy (non-hydrogen) atoms. The zero-order chi connectivity index (χ0) is 18.2. The van der Waals surface area contributed by atoms with E-state index in [0.717, 1.165) is 33.9 Å². The Morgan fingerprint density at radius 1 is 1.19 bits per heavy atom. The number of aromatic nitrogens is 2. The first-order valence-electron chi connectivity index (χ1n) is 8.78. The van der Waals surface area contributed by atoms with Crippen LogP contribution in [0.2, 0.25) is 0 Å². The Balaban J connectivity index is 1.48. The molecule has 0 bridgehead atoms. The molecule has 0 fully saturated rings. The number of carbonyl (C=O) groups is 1. The van der Waals surface area contributed by atoms with Gasteiger partial charge >= 0.3 is 0 Å². The number of imidazole rings is 1. The Hall–Kier alpha value is -2.31. The van der Waals surface area contributed by atoms with E-state index in [4.69, 9.17) is 4.74 Å². The van der Waals surface area contributed by atoms with Gasteiger partial charge in [0, 0.05) is 31.1 Å². The smallest absolute Gasteiger partial charge is 0.251 e. The minimum atomic E-state index is -0.0435. The molecule has 2 N–H and O–H groups in total. The molecular formula is C20H23N3O2S. The average Bonchev–Trinajstić information content (AvgIpc) is 3.09. The number of nitrogens with zero attached hydrogens (tertiary/aromatic N) is 1. The van der Waals surface area contributed by atoms with Crippen molar-refractivity contribution in [1.82, 2.24) is 15.3 Å². The number of nitrogens with one attached hydrogen (secondary N) is 2. The van der Waals surface area contributed by atoms with Gasteiger partial charge in [0.1, 0.15) is 0 Å². The molecule has 2 aromatic carbocycles. The van der Waals surface area contributed by atoms with Crippen LogP contribution in [0.1, 0.15) is 29.3 Å². The molecule has 1 heterocycles. The molecule has 1 amide bonds. The van der Waals surface area contributed by atoms with Gasteiger partial charge in [0.15, 0.2) is 5.16 Å². The molecule has 0 spiro atoms. The van der Waals surface area contributed by atoms with Crippen molar-refractivity contribution < 1.29 is 9.53 Å². The molecule has 0 saturated heterocycles. The van der Waals surface area contributed by atoms with Crippen LogP contribution in [0.3, 0.4) is 0 Å². The normalized spacial score (nSPS) is 11.0. The van der Waals surface area contributed by atoms with Crippen LogP contribution >= 0.6 is 11.8 Å². The summed E-state index contributed by atoms with van der Waals surface area (Å²) in [6.07, 6.45) is 0.825. The first-order valence-corrected chi connectivity index (χ1v) is 9.77. The number of amides is 1. The van der Waals surface area contributed by atoms with Crippen LogP contribution in [0.25, 0.3) is 11.0 Å². The fraction of sp³-hybridized carbons (Fsp3) is 0.300. The van der Waals surface area contributed by atoms with Crippen LogP contribution in [0.15, 0.2) is 53.7 Å². The minimum absolute atomic E-state index is 0.0435. The van der Waals surface area contributed by atoms with E-state index in [1.54, 1.807) is 11.8 Å². The lowest BCUT2D eigenvalue weighted by Gasteiger charge is -2.06. The number of rotatable bonds is 9. The van der Waals surface area contributed by atoms with Gasteiger partial charge in [-0.25, -0.2) is 4.98 Å². The second kappa shape index (κ2) is 9.40. The molecule has 136 valence electrons. The van der Waals surface area contributed by atoms with E-state index >= 15 is 0 Å². The van der Waals surface area contributed by atoms with Crippen LogP contribution < -0.4 is 5.32 Å². The van der Waals surface area contributed by atoms with Gasteiger partial charge < -0.3 is 15.0 Å². The highest BCUT2D eigenvalue weighted by Gasteiger charge is 2.06. The molecular weight excluding hydrogens is 346 g/mol. The molecule has 1 aromatic heterocycles. The molecule has 0 atom stereocenters. The Labute approximate surface area is 157 Å². The number of para-hydroxylation sites is 2. The zero-order valence-corrected chi connectivity index (χ0v) is 15.6. The van der Waals surface area contributed by atoms with E-state index in [2.05, 4.69) is 15.3 Å². The van der Waals surface area contributed by atoms with Gasteiger partial charge in [0.05, 0.1) is 11.0 Å². The van der Waals surface area contributed by atoms with Gasteiger partial charge in [-0.15, -0.1) is 0 Å². The number of hydrogen-bond donors (Lipinski definition) is 2. The van der Waals surface area contributed by atoms with E-state index in [1.807, 2.05) is 55.5 Å². The highest BCUT2D eigenvalue weighted by molar-refractivity contribution is 7.98. The Morgan fingerprint density at radius 3 is 2.77 bits per heavy atom. The van der Waals surface area contributed by atoms with Crippen molar-refractivity contribution in [1.29, 1.82) is 0 Å². The molecule has 3 aromatic rings. The Kier molecular flexibility index (Phi) is 6.68. The predicted octanol–water partition coefficient (Wildman–Crippen LogP) is 4.01. The number of thioether (sulfide) groups is 1. The Bertz CT molecular complexity index is 813. The van der Waals surface area contributed by atoms with Gasteiger partial charge in [-0.05, 0) is 43.2 Å². The highest BCUT2D eigenvalue weighted by atomic mass is 32.2. The molecule has 0 unspecified atom stereocenters. The SMILES string of the molecule is CCOCCCNC(=O)c1ccc(CSc2nc3ccccc3[nH]2)cc1. The second-order valence-electron chi connectivity index (χ2n) is 5.85. The van der Waals surface area contributed by atoms with Crippen molar-refractivity contribution in [3.8, 4) is 0 Å². The summed E-state index contributed by atoms with van der Waals surface area (Å²) in [5.74, 6) is 0.758. The van der Waals surface area contributed by atoms with Gasteiger partial charge in [0.25, 0.3) is 5.91 Å². The summed E-state index contributed by atoms with van der Waals surface area (Å²) in [5.41, 5.74) is 3.86. The quantitative estimate of drug-likeness (QED) is 0.442. The van der Waals surface area contributed by atoms with E-state index in [9.17, 15) is 4.79 Å².